The molecule has 166 valence electrons. The third-order valence-corrected chi connectivity index (χ3v) is 7.47. The molecule has 1 atom stereocenters. The number of rotatable bonds is 3. The second kappa shape index (κ2) is 7.60. The number of hydrogen-bond acceptors (Lipinski definition) is 6. The highest BCUT2D eigenvalue weighted by molar-refractivity contribution is 7.95. The Morgan fingerprint density at radius 1 is 1.12 bits per heavy atom. The lowest BCUT2D eigenvalue weighted by Gasteiger charge is -2.35. The second-order valence-corrected chi connectivity index (χ2v) is 9.45. The maximum absolute atomic E-state index is 13.0. The fourth-order valence-corrected chi connectivity index (χ4v) is 5.93. The van der Waals surface area contributed by atoms with Crippen molar-refractivity contribution in [1.82, 2.24) is 0 Å². The molecule has 0 spiro atoms. The SMILES string of the molecule is COc1ccc(N2C(N)=C(C#N)C(c3ccc(C(F)(F)F)cc3)C3=C2CCS3(=O)=O)cc1. The summed E-state index contributed by atoms with van der Waals surface area (Å²) in [5, 5.41) is 9.88. The van der Waals surface area contributed by atoms with Gasteiger partial charge in [0.25, 0.3) is 0 Å². The topological polar surface area (TPSA) is 96.4 Å². The van der Waals surface area contributed by atoms with Crippen LogP contribution < -0.4 is 15.4 Å². The molecule has 4 rings (SSSR count). The largest absolute Gasteiger partial charge is 0.497 e. The van der Waals surface area contributed by atoms with E-state index in [0.29, 0.717) is 17.1 Å². The van der Waals surface area contributed by atoms with Crippen molar-refractivity contribution in [3.05, 3.63) is 81.7 Å². The normalized spacial score (nSPS) is 20.2. The van der Waals surface area contributed by atoms with Crippen LogP contribution in [0, 0.1) is 11.3 Å². The molecule has 2 aromatic carbocycles. The number of sulfone groups is 1. The van der Waals surface area contributed by atoms with Gasteiger partial charge in [-0.15, -0.1) is 0 Å². The Hall–Kier alpha value is -3.45. The van der Waals surface area contributed by atoms with E-state index in [4.69, 9.17) is 10.5 Å². The van der Waals surface area contributed by atoms with E-state index in [2.05, 4.69) is 0 Å². The number of anilines is 1. The maximum atomic E-state index is 13.0. The van der Waals surface area contributed by atoms with Crippen LogP contribution in [0.2, 0.25) is 0 Å². The minimum atomic E-state index is -4.53. The average Bonchev–Trinajstić information content (AvgIpc) is 3.07. The van der Waals surface area contributed by atoms with Gasteiger partial charge in [-0.05, 0) is 42.0 Å². The molecule has 0 aromatic heterocycles. The first kappa shape index (κ1) is 21.8. The lowest BCUT2D eigenvalue weighted by atomic mass is 9.86. The third-order valence-electron chi connectivity index (χ3n) is 5.59. The van der Waals surface area contributed by atoms with Crippen molar-refractivity contribution >= 4 is 15.5 Å². The van der Waals surface area contributed by atoms with Gasteiger partial charge in [0, 0.05) is 17.8 Å². The zero-order valence-corrected chi connectivity index (χ0v) is 17.7. The Morgan fingerprint density at radius 3 is 2.28 bits per heavy atom. The van der Waals surface area contributed by atoms with Crippen LogP contribution in [0.3, 0.4) is 0 Å². The first-order valence-electron chi connectivity index (χ1n) is 9.55. The number of nitrogens with zero attached hydrogens (tertiary/aromatic N) is 2. The minimum absolute atomic E-state index is 0.00109. The van der Waals surface area contributed by atoms with Gasteiger partial charge in [-0.25, -0.2) is 8.42 Å². The van der Waals surface area contributed by atoms with Gasteiger partial charge in [0.1, 0.15) is 11.6 Å². The van der Waals surface area contributed by atoms with E-state index in [1.54, 1.807) is 24.3 Å². The lowest BCUT2D eigenvalue weighted by molar-refractivity contribution is -0.137. The third kappa shape index (κ3) is 3.48. The zero-order valence-electron chi connectivity index (χ0n) is 16.8. The molecule has 0 bridgehead atoms. The molecule has 2 N–H and O–H groups in total. The Morgan fingerprint density at radius 2 is 1.75 bits per heavy atom. The van der Waals surface area contributed by atoms with Crippen LogP contribution in [0.15, 0.2) is 70.5 Å². The van der Waals surface area contributed by atoms with Gasteiger partial charge in [0.2, 0.25) is 0 Å². The van der Waals surface area contributed by atoms with E-state index in [1.165, 1.54) is 24.1 Å². The van der Waals surface area contributed by atoms with Crippen molar-refractivity contribution in [2.75, 3.05) is 17.8 Å². The zero-order chi connectivity index (χ0) is 23.3. The highest BCUT2D eigenvalue weighted by Crippen LogP contribution is 2.49. The second-order valence-electron chi connectivity index (χ2n) is 7.38. The van der Waals surface area contributed by atoms with Crippen LogP contribution in [-0.4, -0.2) is 21.3 Å². The smallest absolute Gasteiger partial charge is 0.416 e. The van der Waals surface area contributed by atoms with Crippen molar-refractivity contribution < 1.29 is 26.3 Å². The van der Waals surface area contributed by atoms with Crippen molar-refractivity contribution in [3.8, 4) is 11.8 Å². The number of alkyl halides is 3. The summed E-state index contributed by atoms with van der Waals surface area (Å²) >= 11 is 0. The summed E-state index contributed by atoms with van der Waals surface area (Å²) in [6, 6.07) is 12.9. The average molecular weight is 461 g/mol. The van der Waals surface area contributed by atoms with Gasteiger partial charge in [0.15, 0.2) is 9.84 Å². The van der Waals surface area contributed by atoms with Gasteiger partial charge < -0.3 is 10.5 Å². The summed E-state index contributed by atoms with van der Waals surface area (Å²) in [4.78, 5) is 1.53. The summed E-state index contributed by atoms with van der Waals surface area (Å²) in [5.74, 6) is -0.615. The van der Waals surface area contributed by atoms with Gasteiger partial charge in [-0.3, -0.25) is 4.90 Å². The van der Waals surface area contributed by atoms with Crippen molar-refractivity contribution in [3.63, 3.8) is 0 Å². The predicted octanol–water partition coefficient (Wildman–Crippen LogP) is 4.04. The summed E-state index contributed by atoms with van der Waals surface area (Å²) in [5.41, 5.74) is 6.66. The van der Waals surface area contributed by atoms with Crippen molar-refractivity contribution in [2.24, 2.45) is 5.73 Å². The summed E-state index contributed by atoms with van der Waals surface area (Å²) in [6.07, 6.45) is -4.37. The number of methoxy groups -OCH3 is 1. The molecule has 2 aliphatic rings. The summed E-state index contributed by atoms with van der Waals surface area (Å²) in [7, 11) is -2.24. The molecule has 1 unspecified atom stereocenters. The van der Waals surface area contributed by atoms with Gasteiger partial charge >= 0.3 is 6.18 Å². The van der Waals surface area contributed by atoms with E-state index >= 15 is 0 Å². The monoisotopic (exact) mass is 461 g/mol. The molecule has 10 heteroatoms. The molecule has 2 heterocycles. The molecule has 0 fully saturated rings. The fourth-order valence-electron chi connectivity index (χ4n) is 4.09. The van der Waals surface area contributed by atoms with Crippen LogP contribution in [0.4, 0.5) is 18.9 Å². The minimum Gasteiger partial charge on any atom is -0.497 e. The number of ether oxygens (including phenoxy) is 1. The molecule has 0 saturated carbocycles. The highest BCUT2D eigenvalue weighted by atomic mass is 32.2. The number of hydrogen-bond donors (Lipinski definition) is 1. The van der Waals surface area contributed by atoms with Crippen molar-refractivity contribution in [2.45, 2.75) is 18.5 Å². The Labute approximate surface area is 182 Å². The molecule has 0 saturated heterocycles. The van der Waals surface area contributed by atoms with E-state index < -0.39 is 27.5 Å². The molecule has 32 heavy (non-hydrogen) atoms. The molecule has 0 radical (unpaired) electrons. The van der Waals surface area contributed by atoms with E-state index in [-0.39, 0.29) is 34.0 Å². The Bertz CT molecular complexity index is 1270. The van der Waals surface area contributed by atoms with Crippen LogP contribution in [0.5, 0.6) is 5.75 Å². The standard InChI is InChI=1S/C22H18F3N3O3S/c1-31-16-8-6-15(7-9-16)28-18-10-11-32(29,30)20(18)19(17(12-26)21(28)27)13-2-4-14(5-3-13)22(23,24)25/h2-9,19H,10-11,27H2,1H3. The number of benzene rings is 2. The first-order chi connectivity index (χ1) is 15.1. The molecule has 0 aliphatic carbocycles. The molecule has 2 aromatic rings. The summed E-state index contributed by atoms with van der Waals surface area (Å²) < 4.78 is 70.1. The molecule has 2 aliphatic heterocycles. The number of nitrogens with two attached hydrogens (primary N) is 1. The Balaban J connectivity index is 1.90. The van der Waals surface area contributed by atoms with Crippen LogP contribution in [-0.2, 0) is 16.0 Å². The molecule has 6 nitrogen and oxygen atoms in total. The molecule has 0 amide bonds. The van der Waals surface area contributed by atoms with E-state index in [1.807, 2.05) is 6.07 Å². The van der Waals surface area contributed by atoms with E-state index in [0.717, 1.165) is 12.1 Å². The predicted molar refractivity (Wildman–Crippen MR) is 112 cm³/mol. The quantitative estimate of drug-likeness (QED) is 0.741. The number of allylic oxidation sites excluding steroid dienone is 3. The molecular weight excluding hydrogens is 443 g/mol. The summed E-state index contributed by atoms with van der Waals surface area (Å²) in [6.45, 7) is 0. The van der Waals surface area contributed by atoms with E-state index in [9.17, 15) is 26.9 Å². The first-order valence-corrected chi connectivity index (χ1v) is 11.2. The maximum Gasteiger partial charge on any atom is 0.416 e. The van der Waals surface area contributed by atoms with Crippen LogP contribution in [0.25, 0.3) is 0 Å². The van der Waals surface area contributed by atoms with Gasteiger partial charge in [-0.2, -0.15) is 18.4 Å². The van der Waals surface area contributed by atoms with Crippen LogP contribution in [0.1, 0.15) is 23.5 Å². The number of halogens is 3. The fraction of sp³-hybridized carbons (Fsp3) is 0.227. The van der Waals surface area contributed by atoms with Crippen molar-refractivity contribution in [1.29, 1.82) is 5.26 Å². The Kier molecular flexibility index (Phi) is 5.17. The highest BCUT2D eigenvalue weighted by Gasteiger charge is 2.45. The lowest BCUT2D eigenvalue weighted by Crippen LogP contribution is -2.34. The van der Waals surface area contributed by atoms with Crippen LogP contribution >= 0.6 is 0 Å². The van der Waals surface area contributed by atoms with Gasteiger partial charge in [0.05, 0.1) is 40.9 Å². The number of nitriles is 1. The van der Waals surface area contributed by atoms with Gasteiger partial charge in [-0.1, -0.05) is 12.1 Å². The molecular formula is C22H18F3N3O3S.